The first kappa shape index (κ1) is 19.1. The number of amides is 1. The van der Waals surface area contributed by atoms with Crippen LogP contribution >= 0.6 is 0 Å². The lowest BCUT2D eigenvalue weighted by Crippen LogP contribution is -2.29. The third-order valence-corrected chi connectivity index (χ3v) is 5.00. The van der Waals surface area contributed by atoms with Crippen LogP contribution in [0, 0.1) is 5.82 Å². The lowest BCUT2D eigenvalue weighted by molar-refractivity contribution is -0.122. The summed E-state index contributed by atoms with van der Waals surface area (Å²) >= 11 is 0. The molecule has 134 valence electrons. The summed E-state index contributed by atoms with van der Waals surface area (Å²) in [7, 11) is -3.62. The second kappa shape index (κ2) is 7.76. The Labute approximate surface area is 147 Å². The van der Waals surface area contributed by atoms with Crippen LogP contribution in [0.3, 0.4) is 0 Å². The lowest BCUT2D eigenvalue weighted by Gasteiger charge is -2.17. The molecule has 0 aliphatic rings. The number of nitrogens with one attached hydrogen (secondary N) is 1. The molecule has 25 heavy (non-hydrogen) atoms. The van der Waals surface area contributed by atoms with E-state index in [2.05, 4.69) is 5.32 Å². The van der Waals surface area contributed by atoms with E-state index in [1.165, 1.54) is 12.1 Å². The number of nitrogens with two attached hydrogens (primary N) is 1. The number of sulfone groups is 1. The van der Waals surface area contributed by atoms with Crippen molar-refractivity contribution >= 4 is 15.7 Å². The van der Waals surface area contributed by atoms with E-state index in [1.807, 2.05) is 30.3 Å². The number of carbonyl (C=O) groups excluding carboxylic acids is 1. The quantitative estimate of drug-likeness (QED) is 0.824. The summed E-state index contributed by atoms with van der Waals surface area (Å²) in [6.45, 7) is 1.70. The highest BCUT2D eigenvalue weighted by atomic mass is 32.2. The van der Waals surface area contributed by atoms with E-state index in [1.54, 1.807) is 6.92 Å². The third kappa shape index (κ3) is 5.11. The molecule has 0 fully saturated rings. The molecule has 0 spiro atoms. The largest absolute Gasteiger partial charge is 0.350 e. The second-order valence-corrected chi connectivity index (χ2v) is 7.96. The van der Waals surface area contributed by atoms with E-state index >= 15 is 0 Å². The van der Waals surface area contributed by atoms with Crippen molar-refractivity contribution in [1.29, 1.82) is 0 Å². The van der Waals surface area contributed by atoms with Gasteiger partial charge in [0.25, 0.3) is 0 Å². The van der Waals surface area contributed by atoms with Crippen LogP contribution < -0.4 is 11.1 Å². The monoisotopic (exact) mass is 364 g/mol. The van der Waals surface area contributed by atoms with Gasteiger partial charge < -0.3 is 11.1 Å². The molecule has 0 saturated carbocycles. The van der Waals surface area contributed by atoms with Crippen LogP contribution in [-0.4, -0.2) is 20.6 Å². The Kier molecular flexibility index (Phi) is 5.92. The van der Waals surface area contributed by atoms with Crippen molar-refractivity contribution in [2.45, 2.75) is 30.3 Å². The van der Waals surface area contributed by atoms with Gasteiger partial charge in [-0.25, -0.2) is 12.8 Å². The van der Waals surface area contributed by atoms with Crippen molar-refractivity contribution in [1.82, 2.24) is 5.32 Å². The molecule has 2 rings (SSSR count). The van der Waals surface area contributed by atoms with Crippen molar-refractivity contribution in [2.24, 2.45) is 5.73 Å². The summed E-state index contributed by atoms with van der Waals surface area (Å²) in [5.74, 6) is -1.10. The zero-order chi connectivity index (χ0) is 18.6. The molecule has 5 nitrogen and oxygen atoms in total. The maximum Gasteiger partial charge on any atom is 0.222 e. The van der Waals surface area contributed by atoms with Gasteiger partial charge in [-0.1, -0.05) is 36.4 Å². The van der Waals surface area contributed by atoms with Gasteiger partial charge in [-0.3, -0.25) is 4.79 Å². The Bertz CT molecular complexity index is 854. The standard InChI is InChI=1S/C18H21FN2O3S/c1-12(14-8-9-17(15(19)10-14)25(2,23)24)21-18(22)11-16(20)13-6-4-3-5-7-13/h3-10,12,16H,11,20H2,1-2H3,(H,21,22). The van der Waals surface area contributed by atoms with Gasteiger partial charge in [0.2, 0.25) is 5.91 Å². The van der Waals surface area contributed by atoms with Crippen LogP contribution in [0.5, 0.6) is 0 Å². The van der Waals surface area contributed by atoms with Crippen LogP contribution in [0.4, 0.5) is 4.39 Å². The van der Waals surface area contributed by atoms with E-state index in [-0.39, 0.29) is 17.2 Å². The summed E-state index contributed by atoms with van der Waals surface area (Å²) < 4.78 is 36.9. The average Bonchev–Trinajstić information content (AvgIpc) is 2.54. The first-order valence-corrected chi connectivity index (χ1v) is 9.67. The van der Waals surface area contributed by atoms with Gasteiger partial charge in [0.1, 0.15) is 10.7 Å². The van der Waals surface area contributed by atoms with Crippen LogP contribution in [0.1, 0.15) is 36.6 Å². The maximum absolute atomic E-state index is 14.0. The summed E-state index contributed by atoms with van der Waals surface area (Å²) in [4.78, 5) is 11.8. The Balaban J connectivity index is 2.03. The fourth-order valence-electron chi connectivity index (χ4n) is 2.49. The molecule has 2 aromatic carbocycles. The zero-order valence-electron chi connectivity index (χ0n) is 14.1. The van der Waals surface area contributed by atoms with E-state index in [0.29, 0.717) is 5.56 Å². The van der Waals surface area contributed by atoms with Crippen LogP contribution in [0.25, 0.3) is 0 Å². The highest BCUT2D eigenvalue weighted by molar-refractivity contribution is 7.90. The molecule has 0 bridgehead atoms. The third-order valence-electron chi connectivity index (χ3n) is 3.87. The van der Waals surface area contributed by atoms with E-state index < -0.39 is 27.7 Å². The molecule has 7 heteroatoms. The molecule has 0 aliphatic carbocycles. The molecule has 3 N–H and O–H groups in total. The Morgan fingerprint density at radius 1 is 1.16 bits per heavy atom. The molecule has 2 aromatic rings. The SMILES string of the molecule is CC(NC(=O)CC(N)c1ccccc1)c1ccc(S(C)(=O)=O)c(F)c1. The average molecular weight is 364 g/mol. The molecule has 0 saturated heterocycles. The van der Waals surface area contributed by atoms with Crippen molar-refractivity contribution in [3.8, 4) is 0 Å². The molecule has 0 aliphatic heterocycles. The summed E-state index contributed by atoms with van der Waals surface area (Å²) in [6, 6.07) is 12.2. The molecule has 2 atom stereocenters. The molecule has 1 amide bonds. The van der Waals surface area contributed by atoms with Gasteiger partial charge in [0, 0.05) is 18.7 Å². The van der Waals surface area contributed by atoms with Gasteiger partial charge in [-0.05, 0) is 30.2 Å². The minimum absolute atomic E-state index is 0.0955. The predicted octanol–water partition coefficient (Wildman–Crippen LogP) is 2.50. The van der Waals surface area contributed by atoms with E-state index in [9.17, 15) is 17.6 Å². The number of rotatable bonds is 6. The Morgan fingerprint density at radius 2 is 1.80 bits per heavy atom. The summed E-state index contributed by atoms with van der Waals surface area (Å²) in [5.41, 5.74) is 7.35. The smallest absolute Gasteiger partial charge is 0.222 e. The van der Waals surface area contributed by atoms with Crippen LogP contribution in [0.15, 0.2) is 53.4 Å². The number of hydrogen-bond acceptors (Lipinski definition) is 4. The number of benzene rings is 2. The zero-order valence-corrected chi connectivity index (χ0v) is 14.9. The second-order valence-electron chi connectivity index (χ2n) is 5.97. The minimum atomic E-state index is -3.62. The van der Waals surface area contributed by atoms with Crippen molar-refractivity contribution in [3.05, 3.63) is 65.5 Å². The van der Waals surface area contributed by atoms with Crippen molar-refractivity contribution < 1.29 is 17.6 Å². The Hall–Kier alpha value is -2.25. The van der Waals surface area contributed by atoms with Crippen LogP contribution in [0.2, 0.25) is 0 Å². The topological polar surface area (TPSA) is 89.3 Å². The highest BCUT2D eigenvalue weighted by Gasteiger charge is 2.18. The van der Waals surface area contributed by atoms with Crippen LogP contribution in [-0.2, 0) is 14.6 Å². The van der Waals surface area contributed by atoms with E-state index in [0.717, 1.165) is 17.9 Å². The molecule has 0 aromatic heterocycles. The fourth-order valence-corrected chi connectivity index (χ4v) is 3.22. The van der Waals surface area contributed by atoms with Gasteiger partial charge >= 0.3 is 0 Å². The number of halogens is 1. The van der Waals surface area contributed by atoms with Gasteiger partial charge in [0.05, 0.1) is 6.04 Å². The van der Waals surface area contributed by atoms with Gasteiger partial charge in [0.15, 0.2) is 9.84 Å². The van der Waals surface area contributed by atoms with Gasteiger partial charge in [-0.2, -0.15) is 0 Å². The predicted molar refractivity (Wildman–Crippen MR) is 94.1 cm³/mol. The molecule has 0 radical (unpaired) electrons. The Morgan fingerprint density at radius 3 is 2.36 bits per heavy atom. The normalized spacial score (nSPS) is 13.9. The first-order chi connectivity index (χ1) is 11.7. The highest BCUT2D eigenvalue weighted by Crippen LogP contribution is 2.21. The molecule has 2 unspecified atom stereocenters. The summed E-state index contributed by atoms with van der Waals surface area (Å²) in [6.07, 6.45) is 1.04. The van der Waals surface area contributed by atoms with Gasteiger partial charge in [-0.15, -0.1) is 0 Å². The first-order valence-electron chi connectivity index (χ1n) is 7.78. The molecular weight excluding hydrogens is 343 g/mol. The van der Waals surface area contributed by atoms with Crippen molar-refractivity contribution in [3.63, 3.8) is 0 Å². The molecular formula is C18H21FN2O3S. The summed E-state index contributed by atoms with van der Waals surface area (Å²) in [5, 5.41) is 2.75. The number of hydrogen-bond donors (Lipinski definition) is 2. The lowest BCUT2D eigenvalue weighted by atomic mass is 10.0. The fraction of sp³-hybridized carbons (Fsp3) is 0.278. The minimum Gasteiger partial charge on any atom is -0.350 e. The van der Waals surface area contributed by atoms with Crippen molar-refractivity contribution in [2.75, 3.05) is 6.26 Å². The van der Waals surface area contributed by atoms with E-state index in [4.69, 9.17) is 5.73 Å². The molecule has 0 heterocycles. The maximum atomic E-state index is 14.0. The number of carbonyl (C=O) groups is 1.